The first kappa shape index (κ1) is 14.8. The lowest BCUT2D eigenvalue weighted by Gasteiger charge is -2.02. The SMILES string of the molecule is CCCC/C(C)=N/NC(=O)c1cccc([N+](=O)[O-])c1. The largest absolute Gasteiger partial charge is 0.271 e. The number of benzene rings is 1. The number of nitro benzene ring substituents is 1. The van der Waals surface area contributed by atoms with E-state index in [0.717, 1.165) is 25.0 Å². The number of nitrogens with zero attached hydrogens (tertiary/aromatic N) is 2. The zero-order valence-electron chi connectivity index (χ0n) is 11.0. The van der Waals surface area contributed by atoms with Crippen LogP contribution in [0.3, 0.4) is 0 Å². The number of hydrazone groups is 1. The second-order valence-electron chi connectivity index (χ2n) is 4.20. The molecule has 1 amide bonds. The Hall–Kier alpha value is -2.24. The second-order valence-corrected chi connectivity index (χ2v) is 4.20. The monoisotopic (exact) mass is 263 g/mol. The molecule has 1 aromatic rings. The quantitative estimate of drug-likeness (QED) is 0.486. The van der Waals surface area contributed by atoms with Gasteiger partial charge in [0.05, 0.1) is 4.92 Å². The van der Waals surface area contributed by atoms with Crippen molar-refractivity contribution in [3.8, 4) is 0 Å². The van der Waals surface area contributed by atoms with Crippen molar-refractivity contribution in [1.82, 2.24) is 5.43 Å². The summed E-state index contributed by atoms with van der Waals surface area (Å²) in [6.45, 7) is 3.92. The van der Waals surface area contributed by atoms with Gasteiger partial charge in [0.25, 0.3) is 11.6 Å². The molecule has 1 N–H and O–H groups in total. The van der Waals surface area contributed by atoms with Crippen molar-refractivity contribution >= 4 is 17.3 Å². The molecule has 1 aromatic carbocycles. The van der Waals surface area contributed by atoms with Crippen LogP contribution in [0.15, 0.2) is 29.4 Å². The van der Waals surface area contributed by atoms with E-state index in [2.05, 4.69) is 17.5 Å². The highest BCUT2D eigenvalue weighted by atomic mass is 16.6. The maximum Gasteiger partial charge on any atom is 0.271 e. The Morgan fingerprint density at radius 3 is 2.84 bits per heavy atom. The summed E-state index contributed by atoms with van der Waals surface area (Å²) >= 11 is 0. The Morgan fingerprint density at radius 2 is 2.21 bits per heavy atom. The van der Waals surface area contributed by atoms with E-state index in [1.807, 2.05) is 6.92 Å². The Morgan fingerprint density at radius 1 is 1.47 bits per heavy atom. The molecule has 6 nitrogen and oxygen atoms in total. The normalized spacial score (nSPS) is 11.2. The predicted octanol–water partition coefficient (Wildman–Crippen LogP) is 2.89. The van der Waals surface area contributed by atoms with Crippen LogP contribution in [0.4, 0.5) is 5.69 Å². The molecule has 6 heteroatoms. The Kier molecular flexibility index (Phi) is 5.66. The van der Waals surface area contributed by atoms with Crippen LogP contribution in [0.5, 0.6) is 0 Å². The first-order valence-corrected chi connectivity index (χ1v) is 6.12. The van der Waals surface area contributed by atoms with Crippen molar-refractivity contribution in [2.75, 3.05) is 0 Å². The topological polar surface area (TPSA) is 84.6 Å². The molecule has 0 fully saturated rings. The van der Waals surface area contributed by atoms with E-state index in [-0.39, 0.29) is 11.3 Å². The lowest BCUT2D eigenvalue weighted by molar-refractivity contribution is -0.384. The van der Waals surface area contributed by atoms with Gasteiger partial charge >= 0.3 is 0 Å². The third-order valence-corrected chi connectivity index (χ3v) is 2.56. The summed E-state index contributed by atoms with van der Waals surface area (Å²) in [5.41, 5.74) is 3.35. The van der Waals surface area contributed by atoms with E-state index >= 15 is 0 Å². The number of amides is 1. The minimum Gasteiger partial charge on any atom is -0.267 e. The summed E-state index contributed by atoms with van der Waals surface area (Å²) in [6, 6.07) is 5.55. The highest BCUT2D eigenvalue weighted by Crippen LogP contribution is 2.12. The zero-order valence-corrected chi connectivity index (χ0v) is 11.0. The number of carbonyl (C=O) groups excluding carboxylic acids is 1. The van der Waals surface area contributed by atoms with Gasteiger partial charge in [-0.1, -0.05) is 19.4 Å². The lowest BCUT2D eigenvalue weighted by atomic mass is 10.2. The Bertz CT molecular complexity index is 498. The molecular weight excluding hydrogens is 246 g/mol. The van der Waals surface area contributed by atoms with Crippen LogP contribution in [0, 0.1) is 10.1 Å². The fourth-order valence-corrected chi connectivity index (χ4v) is 1.46. The zero-order chi connectivity index (χ0) is 14.3. The fourth-order valence-electron chi connectivity index (χ4n) is 1.46. The van der Waals surface area contributed by atoms with E-state index in [4.69, 9.17) is 0 Å². The Labute approximate surface area is 111 Å². The maximum absolute atomic E-state index is 11.8. The van der Waals surface area contributed by atoms with Gasteiger partial charge in [0.1, 0.15) is 0 Å². The summed E-state index contributed by atoms with van der Waals surface area (Å²) < 4.78 is 0. The molecule has 19 heavy (non-hydrogen) atoms. The third-order valence-electron chi connectivity index (χ3n) is 2.56. The third kappa shape index (κ3) is 4.87. The molecule has 1 rings (SSSR count). The average molecular weight is 263 g/mol. The van der Waals surface area contributed by atoms with Crippen molar-refractivity contribution in [1.29, 1.82) is 0 Å². The van der Waals surface area contributed by atoms with Gasteiger partial charge in [-0.25, -0.2) is 5.43 Å². The predicted molar refractivity (Wildman–Crippen MR) is 73.2 cm³/mol. The molecule has 0 aliphatic rings. The molecular formula is C13H17N3O3. The first-order chi connectivity index (χ1) is 9.04. The van der Waals surface area contributed by atoms with Gasteiger partial charge in [-0.3, -0.25) is 14.9 Å². The molecule has 0 unspecified atom stereocenters. The van der Waals surface area contributed by atoms with Gasteiger partial charge in [-0.2, -0.15) is 5.10 Å². The second kappa shape index (κ2) is 7.25. The van der Waals surface area contributed by atoms with Crippen molar-refractivity contribution in [3.63, 3.8) is 0 Å². The minimum atomic E-state index is -0.535. The number of nitro groups is 1. The smallest absolute Gasteiger partial charge is 0.267 e. The summed E-state index contributed by atoms with van der Waals surface area (Å²) in [5, 5.41) is 14.6. The van der Waals surface area contributed by atoms with Gasteiger partial charge in [0, 0.05) is 23.4 Å². The van der Waals surface area contributed by atoms with E-state index < -0.39 is 10.8 Å². The number of hydrogen-bond acceptors (Lipinski definition) is 4. The number of carbonyl (C=O) groups is 1. The fraction of sp³-hybridized carbons (Fsp3) is 0.385. The highest BCUT2D eigenvalue weighted by molar-refractivity contribution is 5.95. The van der Waals surface area contributed by atoms with Gasteiger partial charge < -0.3 is 0 Å². The summed E-state index contributed by atoms with van der Waals surface area (Å²) in [7, 11) is 0. The highest BCUT2D eigenvalue weighted by Gasteiger charge is 2.10. The molecule has 0 aliphatic heterocycles. The molecule has 0 radical (unpaired) electrons. The van der Waals surface area contributed by atoms with Crippen molar-refractivity contribution in [3.05, 3.63) is 39.9 Å². The van der Waals surface area contributed by atoms with Crippen LogP contribution in [0.25, 0.3) is 0 Å². The molecule has 0 saturated carbocycles. The van der Waals surface area contributed by atoms with Gasteiger partial charge in [-0.15, -0.1) is 0 Å². The number of hydrogen-bond donors (Lipinski definition) is 1. The molecule has 102 valence electrons. The minimum absolute atomic E-state index is 0.112. The van der Waals surface area contributed by atoms with Crippen LogP contribution in [0.2, 0.25) is 0 Å². The molecule has 0 aromatic heterocycles. The molecule has 0 spiro atoms. The van der Waals surface area contributed by atoms with Crippen molar-refractivity contribution < 1.29 is 9.72 Å². The number of unbranched alkanes of at least 4 members (excludes halogenated alkanes) is 1. The van der Waals surface area contributed by atoms with Crippen LogP contribution in [-0.4, -0.2) is 16.5 Å². The molecule has 0 aliphatic carbocycles. The summed E-state index contributed by atoms with van der Waals surface area (Å²) in [6.07, 6.45) is 2.90. The van der Waals surface area contributed by atoms with E-state index in [1.54, 1.807) is 0 Å². The van der Waals surface area contributed by atoms with Crippen LogP contribution < -0.4 is 5.43 Å². The molecule has 0 heterocycles. The lowest BCUT2D eigenvalue weighted by Crippen LogP contribution is -2.19. The maximum atomic E-state index is 11.8. The summed E-state index contributed by atoms with van der Waals surface area (Å²) in [4.78, 5) is 21.8. The van der Waals surface area contributed by atoms with Crippen molar-refractivity contribution in [2.45, 2.75) is 33.1 Å². The Balaban J connectivity index is 2.68. The van der Waals surface area contributed by atoms with Gasteiger partial charge in [-0.05, 0) is 25.8 Å². The number of non-ortho nitro benzene ring substituents is 1. The molecule has 0 bridgehead atoms. The summed E-state index contributed by atoms with van der Waals surface area (Å²) in [5.74, 6) is -0.445. The average Bonchev–Trinajstić information content (AvgIpc) is 2.42. The number of nitrogens with one attached hydrogen (secondary N) is 1. The molecule has 0 saturated heterocycles. The van der Waals surface area contributed by atoms with Gasteiger partial charge in [0.2, 0.25) is 0 Å². The van der Waals surface area contributed by atoms with E-state index in [9.17, 15) is 14.9 Å². The first-order valence-electron chi connectivity index (χ1n) is 6.12. The standard InChI is InChI=1S/C13H17N3O3/c1-3-4-6-10(2)14-15-13(17)11-7-5-8-12(9-11)16(18)19/h5,7-9H,3-4,6H2,1-2H3,(H,15,17)/b14-10+. The van der Waals surface area contributed by atoms with E-state index in [0.29, 0.717) is 0 Å². The van der Waals surface area contributed by atoms with Crippen molar-refractivity contribution in [2.24, 2.45) is 5.10 Å². The van der Waals surface area contributed by atoms with E-state index in [1.165, 1.54) is 24.3 Å². The van der Waals surface area contributed by atoms with Crippen LogP contribution >= 0.6 is 0 Å². The van der Waals surface area contributed by atoms with Crippen LogP contribution in [0.1, 0.15) is 43.5 Å². The van der Waals surface area contributed by atoms with Gasteiger partial charge in [0.15, 0.2) is 0 Å². The molecule has 0 atom stereocenters. The number of rotatable bonds is 6. The van der Waals surface area contributed by atoms with Crippen LogP contribution in [-0.2, 0) is 0 Å².